The lowest BCUT2D eigenvalue weighted by atomic mass is 9.50. The summed E-state index contributed by atoms with van der Waals surface area (Å²) in [5, 5.41) is 29.5. The van der Waals surface area contributed by atoms with Crippen LogP contribution in [0.1, 0.15) is 99.8 Å². The van der Waals surface area contributed by atoms with Gasteiger partial charge in [-0.05, 0) is 79.4 Å². The predicted molar refractivity (Wildman–Crippen MR) is 129 cm³/mol. The summed E-state index contributed by atoms with van der Waals surface area (Å²) in [5.41, 5.74) is 3.17. The molecule has 1 N–H and O–H groups in total. The molecular formula is C29H31FN2O2. The van der Waals surface area contributed by atoms with Gasteiger partial charge in [-0.15, -0.1) is 0 Å². The smallest absolute Gasteiger partial charge is 0.311 e. The number of hydrogen-bond acceptors (Lipinski definition) is 3. The Kier molecular flexibility index (Phi) is 6.50. The van der Waals surface area contributed by atoms with Crippen LogP contribution in [0.5, 0.6) is 0 Å². The van der Waals surface area contributed by atoms with Crippen LogP contribution in [0.2, 0.25) is 0 Å². The van der Waals surface area contributed by atoms with E-state index in [-0.39, 0.29) is 23.0 Å². The lowest BCUT2D eigenvalue weighted by Gasteiger charge is -2.54. The maximum Gasteiger partial charge on any atom is 0.311 e. The number of fused-ring (bicyclic) bond motifs is 3. The Bertz CT molecular complexity index is 1180. The second kappa shape index (κ2) is 9.22. The van der Waals surface area contributed by atoms with Crippen molar-refractivity contribution in [2.24, 2.45) is 5.41 Å². The van der Waals surface area contributed by atoms with Crippen LogP contribution in [0.3, 0.4) is 0 Å². The quantitative estimate of drug-likeness (QED) is 0.475. The summed E-state index contributed by atoms with van der Waals surface area (Å²) in [6, 6.07) is 12.8. The van der Waals surface area contributed by atoms with E-state index in [1.807, 2.05) is 12.1 Å². The number of benzene rings is 2. The summed E-state index contributed by atoms with van der Waals surface area (Å²) < 4.78 is 14.9. The third kappa shape index (κ3) is 3.88. The molecule has 34 heavy (non-hydrogen) atoms. The van der Waals surface area contributed by atoms with Crippen LogP contribution in [-0.2, 0) is 10.2 Å². The Labute approximate surface area is 201 Å². The minimum Gasteiger partial charge on any atom is -0.481 e. The Hall–Kier alpha value is -3.18. The molecule has 3 saturated carbocycles. The normalized spacial score (nSPS) is 24.3. The van der Waals surface area contributed by atoms with Gasteiger partial charge in [0.1, 0.15) is 18.0 Å². The number of aliphatic carboxylic acids is 1. The molecule has 3 fully saturated rings. The van der Waals surface area contributed by atoms with Gasteiger partial charge in [-0.25, -0.2) is 4.39 Å². The zero-order valence-corrected chi connectivity index (χ0v) is 20.0. The maximum atomic E-state index is 14.9. The molecule has 0 heterocycles. The number of rotatable bonds is 7. The zero-order valence-electron chi connectivity index (χ0n) is 20.0. The molecule has 2 aromatic carbocycles. The van der Waals surface area contributed by atoms with E-state index in [2.05, 4.69) is 19.1 Å². The second-order valence-electron chi connectivity index (χ2n) is 10.2. The largest absolute Gasteiger partial charge is 0.481 e. The van der Waals surface area contributed by atoms with E-state index in [1.54, 1.807) is 13.0 Å². The Balaban J connectivity index is 1.75. The second-order valence-corrected chi connectivity index (χ2v) is 10.2. The van der Waals surface area contributed by atoms with Crippen molar-refractivity contribution in [1.29, 1.82) is 10.5 Å². The van der Waals surface area contributed by atoms with E-state index >= 15 is 0 Å². The molecule has 176 valence electrons. The van der Waals surface area contributed by atoms with Gasteiger partial charge < -0.3 is 5.11 Å². The number of carboxylic acids is 1. The molecule has 1 atom stereocenters. The van der Waals surface area contributed by atoms with Gasteiger partial charge in [0, 0.05) is 11.1 Å². The van der Waals surface area contributed by atoms with Gasteiger partial charge in [0.2, 0.25) is 0 Å². The number of halogens is 1. The molecule has 0 amide bonds. The van der Waals surface area contributed by atoms with Crippen molar-refractivity contribution in [3.05, 3.63) is 58.4 Å². The van der Waals surface area contributed by atoms with Crippen LogP contribution in [-0.4, -0.2) is 11.1 Å². The highest BCUT2D eigenvalue weighted by molar-refractivity contribution is 5.78. The molecule has 2 aromatic rings. The monoisotopic (exact) mass is 458 g/mol. The highest BCUT2D eigenvalue weighted by Crippen LogP contribution is 2.60. The van der Waals surface area contributed by atoms with Crippen molar-refractivity contribution in [2.45, 2.75) is 83.0 Å². The standard InChI is InChI=1S/C29H31FN2O2/c1-3-9-28-10-13-29(14-11-28,15-12-28)25-8-7-21(23(17-31)24(25)18-32)19-5-6-22(26(30)16-19)20(4-2)27(33)34/h5-8,16,20H,3-4,9-15H2,1-2H3,(H,33,34). The van der Waals surface area contributed by atoms with Gasteiger partial charge in [-0.2, -0.15) is 10.5 Å². The van der Waals surface area contributed by atoms with Gasteiger partial charge in [-0.3, -0.25) is 4.79 Å². The van der Waals surface area contributed by atoms with E-state index in [4.69, 9.17) is 0 Å². The molecule has 4 nitrogen and oxygen atoms in total. The van der Waals surface area contributed by atoms with Gasteiger partial charge in [0.15, 0.2) is 0 Å². The highest BCUT2D eigenvalue weighted by atomic mass is 19.1. The van der Waals surface area contributed by atoms with Crippen LogP contribution >= 0.6 is 0 Å². The number of carboxylic acid groups (broad SMARTS) is 1. The number of nitriles is 2. The molecule has 3 aliphatic rings. The minimum atomic E-state index is -1.06. The van der Waals surface area contributed by atoms with Gasteiger partial charge >= 0.3 is 5.97 Å². The molecule has 0 saturated heterocycles. The number of hydrogen-bond donors (Lipinski definition) is 1. The van der Waals surface area contributed by atoms with Crippen LogP contribution in [0.4, 0.5) is 4.39 Å². The van der Waals surface area contributed by atoms with Crippen molar-refractivity contribution in [3.8, 4) is 23.3 Å². The third-order valence-electron chi connectivity index (χ3n) is 8.58. The molecule has 1 unspecified atom stereocenters. The first-order valence-electron chi connectivity index (χ1n) is 12.3. The van der Waals surface area contributed by atoms with Gasteiger partial charge in [0.25, 0.3) is 0 Å². The van der Waals surface area contributed by atoms with Crippen molar-refractivity contribution < 1.29 is 14.3 Å². The topological polar surface area (TPSA) is 84.9 Å². The van der Waals surface area contributed by atoms with E-state index in [0.717, 1.165) is 24.8 Å². The van der Waals surface area contributed by atoms with Gasteiger partial charge in [-0.1, -0.05) is 44.5 Å². The summed E-state index contributed by atoms with van der Waals surface area (Å²) in [6.07, 6.45) is 9.39. The summed E-state index contributed by atoms with van der Waals surface area (Å²) in [6.45, 7) is 3.95. The molecular weight excluding hydrogens is 427 g/mol. The van der Waals surface area contributed by atoms with Crippen LogP contribution in [0.15, 0.2) is 30.3 Å². The molecule has 0 spiro atoms. The lowest BCUT2D eigenvalue weighted by molar-refractivity contribution is -0.138. The fourth-order valence-electron chi connectivity index (χ4n) is 6.59. The third-order valence-corrected chi connectivity index (χ3v) is 8.58. The first-order chi connectivity index (χ1) is 16.3. The summed E-state index contributed by atoms with van der Waals surface area (Å²) >= 11 is 0. The molecule has 0 aliphatic heterocycles. The Morgan fingerprint density at radius 2 is 1.68 bits per heavy atom. The van der Waals surface area contributed by atoms with E-state index in [9.17, 15) is 24.8 Å². The highest BCUT2D eigenvalue weighted by Gasteiger charge is 2.49. The molecule has 5 heteroatoms. The predicted octanol–water partition coefficient (Wildman–Crippen LogP) is 7.21. The van der Waals surface area contributed by atoms with Crippen molar-refractivity contribution in [1.82, 2.24) is 0 Å². The molecule has 3 aliphatic carbocycles. The Morgan fingerprint density at radius 1 is 1.03 bits per heavy atom. The van der Waals surface area contributed by atoms with E-state index in [1.165, 1.54) is 44.2 Å². The Morgan fingerprint density at radius 3 is 2.18 bits per heavy atom. The fraction of sp³-hybridized carbons (Fsp3) is 0.483. The first kappa shape index (κ1) is 24.0. The lowest BCUT2D eigenvalue weighted by Crippen LogP contribution is -2.44. The van der Waals surface area contributed by atoms with Crippen molar-refractivity contribution in [3.63, 3.8) is 0 Å². The number of nitrogens with zero attached hydrogens (tertiary/aromatic N) is 2. The van der Waals surface area contributed by atoms with E-state index < -0.39 is 17.7 Å². The summed E-state index contributed by atoms with van der Waals surface area (Å²) in [7, 11) is 0. The van der Waals surface area contributed by atoms with Crippen LogP contribution < -0.4 is 0 Å². The van der Waals surface area contributed by atoms with Gasteiger partial charge in [0.05, 0.1) is 17.0 Å². The SMILES string of the molecule is CCCC12CCC(c3ccc(-c4ccc(C(CC)C(=O)O)c(F)c4)c(C#N)c3C#N)(CC1)CC2. The van der Waals surface area contributed by atoms with Crippen molar-refractivity contribution in [2.75, 3.05) is 0 Å². The van der Waals surface area contributed by atoms with E-state index in [0.29, 0.717) is 22.1 Å². The van der Waals surface area contributed by atoms with Crippen LogP contribution in [0, 0.1) is 33.9 Å². The molecule has 0 aromatic heterocycles. The fourth-order valence-corrected chi connectivity index (χ4v) is 6.59. The zero-order chi connectivity index (χ0) is 24.5. The molecule has 5 rings (SSSR count). The average Bonchev–Trinajstić information content (AvgIpc) is 2.85. The maximum absolute atomic E-state index is 14.9. The summed E-state index contributed by atoms with van der Waals surface area (Å²) in [5.74, 6) is -2.59. The van der Waals surface area contributed by atoms with Crippen molar-refractivity contribution >= 4 is 5.97 Å². The summed E-state index contributed by atoms with van der Waals surface area (Å²) in [4.78, 5) is 11.5. The average molecular weight is 459 g/mol. The first-order valence-corrected chi connectivity index (χ1v) is 12.3. The molecule has 2 bridgehead atoms. The minimum absolute atomic E-state index is 0.0599. The van der Waals surface area contributed by atoms with Crippen LogP contribution in [0.25, 0.3) is 11.1 Å². The molecule has 0 radical (unpaired) electrons. The number of carbonyl (C=O) groups is 1.